The van der Waals surface area contributed by atoms with Gasteiger partial charge in [0.25, 0.3) is 0 Å². The molecule has 2 atom stereocenters. The van der Waals surface area contributed by atoms with Crippen molar-refractivity contribution in [2.45, 2.75) is 32.4 Å². The van der Waals surface area contributed by atoms with E-state index in [0.717, 1.165) is 37.5 Å². The Morgan fingerprint density at radius 3 is 2.71 bits per heavy atom. The van der Waals surface area contributed by atoms with Crippen molar-refractivity contribution in [2.75, 3.05) is 27.3 Å². The Bertz CT molecular complexity index is 759. The van der Waals surface area contributed by atoms with Gasteiger partial charge in [0.15, 0.2) is 5.96 Å². The van der Waals surface area contributed by atoms with Crippen molar-refractivity contribution in [2.24, 2.45) is 10.9 Å². The molecular weight excluding hydrogens is 352 g/mol. The standard InChI is InChI=1S/C22H30N4O2/c1-16-6-9-18(10-7-16)21-19(5-4-12-28-21)15-26-22(23-2)25-14-17-8-11-20(27-3)24-13-17/h6-11,13,19,21H,4-5,12,14-15H2,1-3H3,(H2,23,25,26). The van der Waals surface area contributed by atoms with Gasteiger partial charge in [-0.2, -0.15) is 0 Å². The van der Waals surface area contributed by atoms with Gasteiger partial charge < -0.3 is 20.1 Å². The summed E-state index contributed by atoms with van der Waals surface area (Å²) in [6.45, 7) is 4.41. The Hall–Kier alpha value is -2.60. The number of hydrogen-bond acceptors (Lipinski definition) is 4. The monoisotopic (exact) mass is 382 g/mol. The molecule has 0 aliphatic carbocycles. The smallest absolute Gasteiger partial charge is 0.212 e. The molecule has 0 radical (unpaired) electrons. The molecule has 1 aromatic carbocycles. The summed E-state index contributed by atoms with van der Waals surface area (Å²) in [6, 6.07) is 12.5. The molecule has 1 fully saturated rings. The molecule has 2 heterocycles. The van der Waals surface area contributed by atoms with Crippen LogP contribution in [-0.2, 0) is 11.3 Å². The summed E-state index contributed by atoms with van der Waals surface area (Å²) in [6.07, 6.45) is 4.18. The summed E-state index contributed by atoms with van der Waals surface area (Å²) < 4.78 is 11.2. The van der Waals surface area contributed by atoms with Gasteiger partial charge >= 0.3 is 0 Å². The molecule has 0 amide bonds. The van der Waals surface area contributed by atoms with Gasteiger partial charge in [0.2, 0.25) is 5.88 Å². The third-order valence-corrected chi connectivity index (χ3v) is 5.07. The quantitative estimate of drug-likeness (QED) is 0.593. The largest absolute Gasteiger partial charge is 0.481 e. The fourth-order valence-electron chi connectivity index (χ4n) is 3.45. The van der Waals surface area contributed by atoms with E-state index >= 15 is 0 Å². The molecule has 0 bridgehead atoms. The molecule has 3 rings (SSSR count). The highest BCUT2D eigenvalue weighted by molar-refractivity contribution is 5.79. The molecule has 1 aliphatic rings. The summed E-state index contributed by atoms with van der Waals surface area (Å²) in [4.78, 5) is 8.57. The van der Waals surface area contributed by atoms with Crippen LogP contribution in [0.1, 0.15) is 35.6 Å². The van der Waals surface area contributed by atoms with Crippen LogP contribution in [0, 0.1) is 12.8 Å². The minimum absolute atomic E-state index is 0.130. The van der Waals surface area contributed by atoms with Crippen LogP contribution < -0.4 is 15.4 Å². The zero-order valence-corrected chi connectivity index (χ0v) is 16.9. The Kier molecular flexibility index (Phi) is 7.25. The highest BCUT2D eigenvalue weighted by Crippen LogP contribution is 2.33. The van der Waals surface area contributed by atoms with Crippen LogP contribution in [0.5, 0.6) is 5.88 Å². The Balaban J connectivity index is 1.54. The van der Waals surface area contributed by atoms with E-state index in [9.17, 15) is 0 Å². The van der Waals surface area contributed by atoms with Gasteiger partial charge in [0, 0.05) is 44.9 Å². The Morgan fingerprint density at radius 2 is 2.04 bits per heavy atom. The molecule has 1 aliphatic heterocycles. The lowest BCUT2D eigenvalue weighted by atomic mass is 9.89. The maximum absolute atomic E-state index is 6.11. The van der Waals surface area contributed by atoms with E-state index in [1.165, 1.54) is 11.1 Å². The van der Waals surface area contributed by atoms with Gasteiger partial charge in [0.05, 0.1) is 13.2 Å². The van der Waals surface area contributed by atoms with Crippen molar-refractivity contribution < 1.29 is 9.47 Å². The fraction of sp³-hybridized carbons (Fsp3) is 0.455. The van der Waals surface area contributed by atoms with Crippen LogP contribution in [0.25, 0.3) is 0 Å². The number of aryl methyl sites for hydroxylation is 1. The first kappa shape index (κ1) is 20.1. The number of nitrogens with zero attached hydrogens (tertiary/aromatic N) is 2. The fourth-order valence-corrected chi connectivity index (χ4v) is 3.45. The Labute approximate surface area is 167 Å². The molecule has 2 N–H and O–H groups in total. The molecule has 1 saturated heterocycles. The second-order valence-electron chi connectivity index (χ2n) is 7.12. The number of methoxy groups -OCH3 is 1. The lowest BCUT2D eigenvalue weighted by Crippen LogP contribution is -2.41. The average Bonchev–Trinajstić information content (AvgIpc) is 2.75. The Morgan fingerprint density at radius 1 is 1.21 bits per heavy atom. The summed E-state index contributed by atoms with van der Waals surface area (Å²) in [7, 11) is 3.40. The van der Waals surface area contributed by atoms with Crippen LogP contribution in [0.15, 0.2) is 47.6 Å². The van der Waals surface area contributed by atoms with Crippen molar-refractivity contribution in [1.82, 2.24) is 15.6 Å². The number of hydrogen-bond donors (Lipinski definition) is 2. The molecule has 28 heavy (non-hydrogen) atoms. The summed E-state index contributed by atoms with van der Waals surface area (Å²) >= 11 is 0. The number of pyridine rings is 1. The van der Waals surface area contributed by atoms with E-state index in [0.29, 0.717) is 18.3 Å². The van der Waals surface area contributed by atoms with Crippen molar-refractivity contribution in [1.29, 1.82) is 0 Å². The van der Waals surface area contributed by atoms with Crippen molar-refractivity contribution >= 4 is 5.96 Å². The number of benzene rings is 1. The van der Waals surface area contributed by atoms with E-state index in [2.05, 4.69) is 51.8 Å². The zero-order chi connectivity index (χ0) is 19.8. The molecular formula is C22H30N4O2. The van der Waals surface area contributed by atoms with Crippen molar-refractivity contribution in [3.05, 3.63) is 59.3 Å². The third-order valence-electron chi connectivity index (χ3n) is 5.07. The molecule has 2 aromatic rings. The summed E-state index contributed by atoms with van der Waals surface area (Å²) in [5.74, 6) is 1.81. The SMILES string of the molecule is CN=C(NCc1ccc(OC)nc1)NCC1CCCOC1c1ccc(C)cc1. The minimum Gasteiger partial charge on any atom is -0.481 e. The molecule has 1 aromatic heterocycles. The highest BCUT2D eigenvalue weighted by Gasteiger charge is 2.27. The number of guanidine groups is 1. The van der Waals surface area contributed by atoms with Gasteiger partial charge in [-0.05, 0) is 30.9 Å². The van der Waals surface area contributed by atoms with E-state index in [4.69, 9.17) is 9.47 Å². The predicted octanol–water partition coefficient (Wildman–Crippen LogP) is 3.23. The first-order valence-corrected chi connectivity index (χ1v) is 9.81. The van der Waals surface area contributed by atoms with Gasteiger partial charge in [-0.15, -0.1) is 0 Å². The topological polar surface area (TPSA) is 67.8 Å². The van der Waals surface area contributed by atoms with Crippen LogP contribution in [0.4, 0.5) is 0 Å². The van der Waals surface area contributed by atoms with E-state index in [1.807, 2.05) is 18.3 Å². The number of aliphatic imine (C=N–C) groups is 1. The second-order valence-corrected chi connectivity index (χ2v) is 7.12. The maximum Gasteiger partial charge on any atom is 0.212 e. The molecule has 6 nitrogen and oxygen atoms in total. The normalized spacial score (nSPS) is 19.9. The van der Waals surface area contributed by atoms with Gasteiger partial charge in [-0.1, -0.05) is 35.9 Å². The minimum atomic E-state index is 0.130. The summed E-state index contributed by atoms with van der Waals surface area (Å²) in [5, 5.41) is 6.80. The average molecular weight is 383 g/mol. The van der Waals surface area contributed by atoms with E-state index in [-0.39, 0.29) is 6.10 Å². The summed E-state index contributed by atoms with van der Waals surface area (Å²) in [5.41, 5.74) is 3.60. The van der Waals surface area contributed by atoms with Gasteiger partial charge in [0.1, 0.15) is 0 Å². The molecule has 2 unspecified atom stereocenters. The van der Waals surface area contributed by atoms with Crippen LogP contribution in [0.2, 0.25) is 0 Å². The number of aromatic nitrogens is 1. The number of ether oxygens (including phenoxy) is 2. The van der Waals surface area contributed by atoms with Crippen molar-refractivity contribution in [3.63, 3.8) is 0 Å². The molecule has 0 spiro atoms. The molecule has 0 saturated carbocycles. The van der Waals surface area contributed by atoms with Crippen LogP contribution in [-0.4, -0.2) is 38.3 Å². The lowest BCUT2D eigenvalue weighted by molar-refractivity contribution is -0.0265. The third kappa shape index (κ3) is 5.45. The predicted molar refractivity (Wildman–Crippen MR) is 112 cm³/mol. The van der Waals surface area contributed by atoms with Crippen LogP contribution in [0.3, 0.4) is 0 Å². The molecule has 150 valence electrons. The van der Waals surface area contributed by atoms with E-state index < -0.39 is 0 Å². The number of rotatable bonds is 6. The molecule has 6 heteroatoms. The van der Waals surface area contributed by atoms with E-state index in [1.54, 1.807) is 14.2 Å². The van der Waals surface area contributed by atoms with Gasteiger partial charge in [-0.3, -0.25) is 4.99 Å². The first-order valence-electron chi connectivity index (χ1n) is 9.81. The maximum atomic E-state index is 6.11. The first-order chi connectivity index (χ1) is 13.7. The second kappa shape index (κ2) is 10.1. The lowest BCUT2D eigenvalue weighted by Gasteiger charge is -2.32. The highest BCUT2D eigenvalue weighted by atomic mass is 16.5. The number of nitrogens with one attached hydrogen (secondary N) is 2. The van der Waals surface area contributed by atoms with Crippen molar-refractivity contribution in [3.8, 4) is 5.88 Å². The van der Waals surface area contributed by atoms with Gasteiger partial charge in [-0.25, -0.2) is 4.98 Å². The van der Waals surface area contributed by atoms with Crippen LogP contribution >= 0.6 is 0 Å². The zero-order valence-electron chi connectivity index (χ0n) is 16.9.